The molecule has 78 valence electrons. The van der Waals surface area contributed by atoms with E-state index < -0.39 is 0 Å². The number of nitrogens with two attached hydrogens (primary N) is 1. The highest BCUT2D eigenvalue weighted by Gasteiger charge is 2.09. The minimum Gasteiger partial charge on any atom is -0.334 e. The first kappa shape index (κ1) is 10.3. The molecule has 0 saturated carbocycles. The van der Waals surface area contributed by atoms with Gasteiger partial charge in [0.1, 0.15) is 5.82 Å². The van der Waals surface area contributed by atoms with E-state index in [0.29, 0.717) is 15.9 Å². The molecule has 0 aliphatic rings. The number of rotatable bonds is 2. The molecule has 6 heteroatoms. The molecule has 0 amide bonds. The summed E-state index contributed by atoms with van der Waals surface area (Å²) in [5.74, 6) is 0.285. The van der Waals surface area contributed by atoms with Crippen molar-refractivity contribution < 1.29 is 8.91 Å². The molecule has 4 nitrogen and oxygen atoms in total. The van der Waals surface area contributed by atoms with Crippen molar-refractivity contribution in [2.45, 2.75) is 6.54 Å². The molecule has 0 aliphatic carbocycles. The molecule has 0 bridgehead atoms. The molecule has 1 aromatic heterocycles. The van der Waals surface area contributed by atoms with E-state index in [2.05, 4.69) is 26.1 Å². The Hall–Kier alpha value is -1.27. The third kappa shape index (κ3) is 2.21. The lowest BCUT2D eigenvalue weighted by molar-refractivity contribution is 0.422. The fourth-order valence-electron chi connectivity index (χ4n) is 1.13. The van der Waals surface area contributed by atoms with E-state index >= 15 is 0 Å². The van der Waals surface area contributed by atoms with Crippen LogP contribution in [0, 0.1) is 5.82 Å². The summed E-state index contributed by atoms with van der Waals surface area (Å²) in [6.07, 6.45) is 0. The van der Waals surface area contributed by atoms with E-state index in [1.807, 2.05) is 0 Å². The summed E-state index contributed by atoms with van der Waals surface area (Å²) in [7, 11) is 0. The molecule has 0 fully saturated rings. The molecule has 0 radical (unpaired) electrons. The van der Waals surface area contributed by atoms with Crippen LogP contribution in [0.3, 0.4) is 0 Å². The molecule has 0 unspecified atom stereocenters. The number of hydrogen-bond acceptors (Lipinski definition) is 4. The first-order valence-corrected chi connectivity index (χ1v) is 4.97. The van der Waals surface area contributed by atoms with Gasteiger partial charge < -0.3 is 10.3 Å². The van der Waals surface area contributed by atoms with Crippen molar-refractivity contribution in [2.24, 2.45) is 5.73 Å². The molecule has 0 saturated heterocycles. The van der Waals surface area contributed by atoms with E-state index in [1.165, 1.54) is 12.1 Å². The molecule has 1 heterocycles. The van der Waals surface area contributed by atoms with Crippen LogP contribution >= 0.6 is 15.9 Å². The lowest BCUT2D eigenvalue weighted by Gasteiger charge is -1.96. The van der Waals surface area contributed by atoms with Crippen LogP contribution in [0.5, 0.6) is 0 Å². The van der Waals surface area contributed by atoms with Crippen LogP contribution in [-0.4, -0.2) is 10.1 Å². The van der Waals surface area contributed by atoms with E-state index in [1.54, 1.807) is 6.07 Å². The third-order valence-electron chi connectivity index (χ3n) is 1.76. The van der Waals surface area contributed by atoms with Gasteiger partial charge in [0, 0.05) is 10.0 Å². The van der Waals surface area contributed by atoms with Crippen LogP contribution in [0.25, 0.3) is 11.5 Å². The maximum absolute atomic E-state index is 13.1. The molecule has 0 atom stereocenters. The summed E-state index contributed by atoms with van der Waals surface area (Å²) >= 11 is 3.18. The molecule has 1 aromatic carbocycles. The Labute approximate surface area is 93.4 Å². The Kier molecular flexibility index (Phi) is 2.79. The number of halogens is 2. The monoisotopic (exact) mass is 271 g/mol. The van der Waals surface area contributed by atoms with E-state index in [4.69, 9.17) is 10.3 Å². The second kappa shape index (κ2) is 4.08. The lowest BCUT2D eigenvalue weighted by atomic mass is 10.2. The minimum atomic E-state index is -0.369. The minimum absolute atomic E-state index is 0.194. The summed E-state index contributed by atoms with van der Waals surface area (Å²) in [6.45, 7) is 0.194. The highest BCUT2D eigenvalue weighted by molar-refractivity contribution is 9.10. The molecule has 2 N–H and O–H groups in total. The average molecular weight is 272 g/mol. The summed E-state index contributed by atoms with van der Waals surface area (Å²) in [5, 5.41) is 3.62. The molecule has 0 aliphatic heterocycles. The Morgan fingerprint density at radius 2 is 2.20 bits per heavy atom. The van der Waals surface area contributed by atoms with E-state index in [0.717, 1.165) is 0 Å². The van der Waals surface area contributed by atoms with Crippen LogP contribution < -0.4 is 5.73 Å². The van der Waals surface area contributed by atoms with Gasteiger partial charge in [-0.1, -0.05) is 21.1 Å². The summed E-state index contributed by atoms with van der Waals surface area (Å²) in [5.41, 5.74) is 5.85. The van der Waals surface area contributed by atoms with Gasteiger partial charge in [-0.25, -0.2) is 4.39 Å². The Bertz CT molecular complexity index is 466. The fraction of sp³-hybridized carbons (Fsp3) is 0.111. The van der Waals surface area contributed by atoms with Gasteiger partial charge in [-0.15, -0.1) is 0 Å². The molecule has 0 spiro atoms. The van der Waals surface area contributed by atoms with Gasteiger partial charge in [0.05, 0.1) is 6.54 Å². The van der Waals surface area contributed by atoms with Crippen molar-refractivity contribution in [1.82, 2.24) is 10.1 Å². The zero-order valence-electron chi connectivity index (χ0n) is 7.58. The van der Waals surface area contributed by atoms with Crippen LogP contribution in [-0.2, 0) is 6.54 Å². The average Bonchev–Trinajstić information content (AvgIpc) is 2.64. The molecular formula is C9H7BrFN3O. The zero-order valence-corrected chi connectivity index (χ0v) is 9.16. The quantitative estimate of drug-likeness (QED) is 0.909. The maximum Gasteiger partial charge on any atom is 0.258 e. The standard InChI is InChI=1S/C9H7BrFN3O/c10-6-1-5(2-7(11)3-6)9-13-8(4-12)14-15-9/h1-3H,4,12H2. The largest absolute Gasteiger partial charge is 0.334 e. The predicted molar refractivity (Wildman–Crippen MR) is 55.3 cm³/mol. The highest BCUT2D eigenvalue weighted by atomic mass is 79.9. The van der Waals surface area contributed by atoms with Crippen molar-refractivity contribution in [3.63, 3.8) is 0 Å². The van der Waals surface area contributed by atoms with E-state index in [-0.39, 0.29) is 18.3 Å². The second-order valence-corrected chi connectivity index (χ2v) is 3.79. The molecule has 2 aromatic rings. The summed E-state index contributed by atoms with van der Waals surface area (Å²) in [6, 6.07) is 4.36. The zero-order chi connectivity index (χ0) is 10.8. The fourth-order valence-corrected chi connectivity index (χ4v) is 1.60. The van der Waals surface area contributed by atoms with Gasteiger partial charge in [0.25, 0.3) is 5.89 Å². The molecule has 15 heavy (non-hydrogen) atoms. The highest BCUT2D eigenvalue weighted by Crippen LogP contribution is 2.23. The number of hydrogen-bond donors (Lipinski definition) is 1. The molecule has 2 rings (SSSR count). The van der Waals surface area contributed by atoms with E-state index in [9.17, 15) is 4.39 Å². The maximum atomic E-state index is 13.1. The van der Waals surface area contributed by atoms with Crippen molar-refractivity contribution in [3.05, 3.63) is 34.3 Å². The Morgan fingerprint density at radius 1 is 1.40 bits per heavy atom. The van der Waals surface area contributed by atoms with Crippen LogP contribution in [0.4, 0.5) is 4.39 Å². The van der Waals surface area contributed by atoms with Gasteiger partial charge in [-0.2, -0.15) is 4.98 Å². The van der Waals surface area contributed by atoms with Crippen molar-refractivity contribution in [1.29, 1.82) is 0 Å². The van der Waals surface area contributed by atoms with Crippen LogP contribution in [0.2, 0.25) is 0 Å². The van der Waals surface area contributed by atoms with Gasteiger partial charge in [-0.3, -0.25) is 0 Å². The van der Waals surface area contributed by atoms with Gasteiger partial charge >= 0.3 is 0 Å². The first-order chi connectivity index (χ1) is 7.19. The SMILES string of the molecule is NCc1noc(-c2cc(F)cc(Br)c2)n1. The predicted octanol–water partition coefficient (Wildman–Crippen LogP) is 2.10. The lowest BCUT2D eigenvalue weighted by Crippen LogP contribution is -1.97. The van der Waals surface area contributed by atoms with Crippen LogP contribution in [0.1, 0.15) is 5.82 Å². The molecular weight excluding hydrogens is 265 g/mol. The smallest absolute Gasteiger partial charge is 0.258 e. The first-order valence-electron chi connectivity index (χ1n) is 4.18. The van der Waals surface area contributed by atoms with Crippen molar-refractivity contribution in [3.8, 4) is 11.5 Å². The van der Waals surface area contributed by atoms with Gasteiger partial charge in [-0.05, 0) is 18.2 Å². The number of aromatic nitrogens is 2. The number of benzene rings is 1. The number of nitrogens with zero attached hydrogens (tertiary/aromatic N) is 2. The second-order valence-electron chi connectivity index (χ2n) is 2.88. The third-order valence-corrected chi connectivity index (χ3v) is 2.22. The Balaban J connectivity index is 2.44. The normalized spacial score (nSPS) is 10.6. The van der Waals surface area contributed by atoms with Gasteiger partial charge in [0.2, 0.25) is 0 Å². The van der Waals surface area contributed by atoms with Crippen molar-refractivity contribution in [2.75, 3.05) is 0 Å². The topological polar surface area (TPSA) is 64.9 Å². The summed E-state index contributed by atoms with van der Waals surface area (Å²) < 4.78 is 18.6. The Morgan fingerprint density at radius 3 is 2.80 bits per heavy atom. The van der Waals surface area contributed by atoms with Crippen LogP contribution in [0.15, 0.2) is 27.2 Å². The summed E-state index contributed by atoms with van der Waals surface area (Å²) in [4.78, 5) is 3.99. The van der Waals surface area contributed by atoms with Crippen molar-refractivity contribution >= 4 is 15.9 Å². The van der Waals surface area contributed by atoms with Gasteiger partial charge in [0.15, 0.2) is 5.82 Å².